The van der Waals surface area contributed by atoms with Crippen molar-refractivity contribution in [2.24, 2.45) is 0 Å². The Hall–Kier alpha value is -4.75. The maximum Gasteiger partial charge on any atom is 0.274 e. The first-order valence-corrected chi connectivity index (χ1v) is 13.1. The lowest BCUT2D eigenvalue weighted by Crippen LogP contribution is -2.16. The highest BCUT2D eigenvalue weighted by atomic mass is 32.1. The van der Waals surface area contributed by atoms with Crippen LogP contribution in [-0.4, -0.2) is 25.8 Å². The van der Waals surface area contributed by atoms with Crippen molar-refractivity contribution in [2.45, 2.75) is 12.8 Å². The molecule has 0 radical (unpaired) electrons. The van der Waals surface area contributed by atoms with Crippen LogP contribution in [0, 0.1) is 0 Å². The highest BCUT2D eigenvalue weighted by molar-refractivity contribution is 7.21. The molecule has 0 saturated heterocycles. The standard InChI is InChI=1S/C31H23N5OS/c37-29(35-25-15-8-7-14-24(25)30-36-26-16-9-19-32-31(26)38-30)27-20-23(18-17-21-10-3-1-4-11-21)33-28(34-27)22-12-5-2-6-13-22/h1-16,19-20H,17-18H2,(H,35,37). The van der Waals surface area contributed by atoms with E-state index in [0.717, 1.165) is 38.6 Å². The summed E-state index contributed by atoms with van der Waals surface area (Å²) in [4.78, 5) is 33.0. The summed E-state index contributed by atoms with van der Waals surface area (Å²) in [6.07, 6.45) is 3.27. The van der Waals surface area contributed by atoms with Crippen molar-refractivity contribution in [2.75, 3.05) is 5.32 Å². The summed E-state index contributed by atoms with van der Waals surface area (Å²) in [6, 6.07) is 33.3. The van der Waals surface area contributed by atoms with Gasteiger partial charge in [-0.15, -0.1) is 0 Å². The number of benzene rings is 3. The molecule has 0 spiro atoms. The van der Waals surface area contributed by atoms with E-state index in [-0.39, 0.29) is 5.91 Å². The second kappa shape index (κ2) is 10.7. The largest absolute Gasteiger partial charge is 0.320 e. The minimum Gasteiger partial charge on any atom is -0.320 e. The molecule has 3 aromatic heterocycles. The van der Waals surface area contributed by atoms with Crippen molar-refractivity contribution >= 4 is 33.3 Å². The van der Waals surface area contributed by atoms with Gasteiger partial charge in [-0.2, -0.15) is 0 Å². The monoisotopic (exact) mass is 513 g/mol. The molecule has 38 heavy (non-hydrogen) atoms. The number of aryl methyl sites for hydroxylation is 2. The van der Waals surface area contributed by atoms with Crippen LogP contribution in [-0.2, 0) is 12.8 Å². The van der Waals surface area contributed by atoms with Gasteiger partial charge in [-0.05, 0) is 48.7 Å². The number of para-hydroxylation sites is 1. The Bertz CT molecular complexity index is 1680. The van der Waals surface area contributed by atoms with Gasteiger partial charge in [-0.3, -0.25) is 4.79 Å². The SMILES string of the molecule is O=C(Nc1ccccc1-c1nc2cccnc2s1)c1cc(CCc2ccccc2)nc(-c2ccccc2)n1. The summed E-state index contributed by atoms with van der Waals surface area (Å²) in [5.41, 5.74) is 5.57. The molecule has 1 N–H and O–H groups in total. The molecule has 184 valence electrons. The van der Waals surface area contributed by atoms with Gasteiger partial charge in [0.05, 0.1) is 5.69 Å². The fourth-order valence-corrected chi connectivity index (χ4v) is 5.17. The number of rotatable bonds is 7. The molecule has 0 unspecified atom stereocenters. The number of nitrogens with one attached hydrogen (secondary N) is 1. The molecular weight excluding hydrogens is 490 g/mol. The van der Waals surface area contributed by atoms with Crippen LogP contribution >= 0.6 is 11.3 Å². The molecular formula is C31H23N5OS. The second-order valence-electron chi connectivity index (χ2n) is 8.77. The zero-order valence-electron chi connectivity index (χ0n) is 20.4. The molecule has 0 aliphatic heterocycles. The van der Waals surface area contributed by atoms with Gasteiger partial charge in [0.25, 0.3) is 5.91 Å². The Balaban J connectivity index is 1.32. The summed E-state index contributed by atoms with van der Waals surface area (Å²) in [5.74, 6) is 0.240. The van der Waals surface area contributed by atoms with Crippen molar-refractivity contribution in [1.82, 2.24) is 19.9 Å². The van der Waals surface area contributed by atoms with Crippen LogP contribution in [0.25, 0.3) is 32.3 Å². The summed E-state index contributed by atoms with van der Waals surface area (Å²) < 4.78 is 0. The van der Waals surface area contributed by atoms with Crippen LogP contribution in [0.3, 0.4) is 0 Å². The Morgan fingerprint density at radius 2 is 1.53 bits per heavy atom. The molecule has 6 rings (SSSR count). The number of hydrogen-bond acceptors (Lipinski definition) is 6. The quantitative estimate of drug-likeness (QED) is 0.252. The number of nitrogens with zero attached hydrogens (tertiary/aromatic N) is 4. The number of amides is 1. The zero-order valence-corrected chi connectivity index (χ0v) is 21.2. The van der Waals surface area contributed by atoms with Crippen LogP contribution in [0.2, 0.25) is 0 Å². The summed E-state index contributed by atoms with van der Waals surface area (Å²) in [7, 11) is 0. The van der Waals surface area contributed by atoms with Crippen molar-refractivity contribution in [3.8, 4) is 22.0 Å². The number of carbonyl (C=O) groups is 1. The molecule has 3 aromatic carbocycles. The van der Waals surface area contributed by atoms with Crippen molar-refractivity contribution in [3.05, 3.63) is 126 Å². The average Bonchev–Trinajstić information content (AvgIpc) is 3.41. The van der Waals surface area contributed by atoms with E-state index in [2.05, 4.69) is 27.4 Å². The molecule has 0 aliphatic carbocycles. The molecule has 6 nitrogen and oxygen atoms in total. The van der Waals surface area contributed by atoms with Crippen LogP contribution in [0.15, 0.2) is 109 Å². The van der Waals surface area contributed by atoms with E-state index in [1.807, 2.05) is 84.9 Å². The molecule has 7 heteroatoms. The number of anilines is 1. The van der Waals surface area contributed by atoms with E-state index < -0.39 is 0 Å². The molecule has 1 amide bonds. The maximum absolute atomic E-state index is 13.5. The summed E-state index contributed by atoms with van der Waals surface area (Å²) in [6.45, 7) is 0. The van der Waals surface area contributed by atoms with Gasteiger partial charge in [0.1, 0.15) is 21.0 Å². The smallest absolute Gasteiger partial charge is 0.274 e. The minimum absolute atomic E-state index is 0.294. The molecule has 0 aliphatic rings. The number of hydrogen-bond donors (Lipinski definition) is 1. The fourth-order valence-electron chi connectivity index (χ4n) is 4.23. The first-order valence-electron chi connectivity index (χ1n) is 12.3. The van der Waals surface area contributed by atoms with Crippen LogP contribution < -0.4 is 5.32 Å². The predicted molar refractivity (Wildman–Crippen MR) is 152 cm³/mol. The Morgan fingerprint density at radius 1 is 0.763 bits per heavy atom. The summed E-state index contributed by atoms with van der Waals surface area (Å²) >= 11 is 1.49. The van der Waals surface area contributed by atoms with Gasteiger partial charge in [-0.1, -0.05) is 84.1 Å². The highest BCUT2D eigenvalue weighted by Crippen LogP contribution is 2.33. The number of carbonyl (C=O) groups excluding carboxylic acids is 1. The van der Waals surface area contributed by atoms with Gasteiger partial charge < -0.3 is 5.32 Å². The van der Waals surface area contributed by atoms with Gasteiger partial charge in [0.15, 0.2) is 5.82 Å². The topological polar surface area (TPSA) is 80.7 Å². The number of aromatic nitrogens is 4. The zero-order chi connectivity index (χ0) is 25.7. The lowest BCUT2D eigenvalue weighted by molar-refractivity contribution is 0.102. The molecule has 0 saturated carbocycles. The first-order chi connectivity index (χ1) is 18.7. The number of thiazole rings is 1. The molecule has 3 heterocycles. The normalized spacial score (nSPS) is 10.9. The van der Waals surface area contributed by atoms with E-state index in [1.165, 1.54) is 16.9 Å². The van der Waals surface area contributed by atoms with E-state index in [0.29, 0.717) is 23.6 Å². The Labute approximate surface area is 224 Å². The molecule has 6 aromatic rings. The van der Waals surface area contributed by atoms with Crippen LogP contribution in [0.1, 0.15) is 21.7 Å². The fraction of sp³-hybridized carbons (Fsp3) is 0.0645. The molecule has 0 atom stereocenters. The second-order valence-corrected chi connectivity index (χ2v) is 9.74. The number of pyridine rings is 1. The lowest BCUT2D eigenvalue weighted by atomic mass is 10.1. The highest BCUT2D eigenvalue weighted by Gasteiger charge is 2.17. The third-order valence-corrected chi connectivity index (χ3v) is 7.14. The third kappa shape index (κ3) is 5.19. The maximum atomic E-state index is 13.5. The Kier molecular flexibility index (Phi) is 6.66. The minimum atomic E-state index is -0.294. The lowest BCUT2D eigenvalue weighted by Gasteiger charge is -2.11. The van der Waals surface area contributed by atoms with Gasteiger partial charge in [0.2, 0.25) is 0 Å². The third-order valence-electron chi connectivity index (χ3n) is 6.13. The van der Waals surface area contributed by atoms with E-state index in [9.17, 15) is 4.79 Å². The van der Waals surface area contributed by atoms with E-state index in [4.69, 9.17) is 9.97 Å². The summed E-state index contributed by atoms with van der Waals surface area (Å²) in [5, 5.41) is 3.86. The van der Waals surface area contributed by atoms with E-state index in [1.54, 1.807) is 12.3 Å². The average molecular weight is 514 g/mol. The Morgan fingerprint density at radius 3 is 2.34 bits per heavy atom. The van der Waals surface area contributed by atoms with Crippen molar-refractivity contribution in [1.29, 1.82) is 0 Å². The van der Waals surface area contributed by atoms with Crippen LogP contribution in [0.5, 0.6) is 0 Å². The predicted octanol–water partition coefficient (Wildman–Crippen LogP) is 6.85. The molecule has 0 bridgehead atoms. The van der Waals surface area contributed by atoms with Crippen molar-refractivity contribution < 1.29 is 4.79 Å². The van der Waals surface area contributed by atoms with Gasteiger partial charge in [-0.25, -0.2) is 19.9 Å². The van der Waals surface area contributed by atoms with Gasteiger partial charge >= 0.3 is 0 Å². The molecule has 0 fully saturated rings. The van der Waals surface area contributed by atoms with Gasteiger partial charge in [0, 0.05) is 23.0 Å². The van der Waals surface area contributed by atoms with Crippen LogP contribution in [0.4, 0.5) is 5.69 Å². The first kappa shape index (κ1) is 23.6. The van der Waals surface area contributed by atoms with E-state index >= 15 is 0 Å². The van der Waals surface area contributed by atoms with Crippen molar-refractivity contribution in [3.63, 3.8) is 0 Å². The number of fused-ring (bicyclic) bond motifs is 1.